The van der Waals surface area contributed by atoms with Gasteiger partial charge in [-0.15, -0.1) is 0 Å². The van der Waals surface area contributed by atoms with Gasteiger partial charge in [-0.3, -0.25) is 0 Å². The number of rotatable bonds is 2. The van der Waals surface area contributed by atoms with Crippen molar-refractivity contribution in [2.45, 2.75) is 19.4 Å². The van der Waals surface area contributed by atoms with Gasteiger partial charge >= 0.3 is 0 Å². The Morgan fingerprint density at radius 1 is 1.50 bits per heavy atom. The summed E-state index contributed by atoms with van der Waals surface area (Å²) in [6.45, 7) is 3.58. The molecular formula is C11H15NO2. The van der Waals surface area contributed by atoms with Crippen LogP contribution in [0.5, 0.6) is 0 Å². The van der Waals surface area contributed by atoms with Crippen LogP contribution in [0.2, 0.25) is 0 Å². The lowest BCUT2D eigenvalue weighted by molar-refractivity contribution is 0.00965. The third kappa shape index (κ3) is 1.72. The summed E-state index contributed by atoms with van der Waals surface area (Å²) in [4.78, 5) is 0. The van der Waals surface area contributed by atoms with Gasteiger partial charge in [-0.05, 0) is 11.5 Å². The second-order valence-electron chi connectivity index (χ2n) is 4.31. The fraction of sp³-hybridized carbons (Fsp3) is 0.545. The summed E-state index contributed by atoms with van der Waals surface area (Å²) >= 11 is 0. The van der Waals surface area contributed by atoms with E-state index in [0.717, 1.165) is 0 Å². The Kier molecular flexibility index (Phi) is 2.79. The molecule has 1 rings (SSSR count). The quantitative estimate of drug-likeness (QED) is 0.643. The average Bonchev–Trinajstić information content (AvgIpc) is 2.18. The Hall–Kier alpha value is -1.11. The summed E-state index contributed by atoms with van der Waals surface area (Å²) < 4.78 is 0. The van der Waals surface area contributed by atoms with E-state index in [-0.39, 0.29) is 12.5 Å². The second-order valence-corrected chi connectivity index (χ2v) is 4.31. The molecular weight excluding hydrogens is 178 g/mol. The van der Waals surface area contributed by atoms with Crippen LogP contribution in [-0.4, -0.2) is 22.4 Å². The molecule has 0 saturated heterocycles. The fourth-order valence-electron chi connectivity index (χ4n) is 1.69. The predicted molar refractivity (Wildman–Crippen MR) is 53.2 cm³/mol. The van der Waals surface area contributed by atoms with Crippen LogP contribution in [-0.2, 0) is 0 Å². The van der Waals surface area contributed by atoms with Crippen molar-refractivity contribution < 1.29 is 10.2 Å². The van der Waals surface area contributed by atoms with Crippen molar-refractivity contribution in [2.24, 2.45) is 11.3 Å². The number of allylic oxidation sites excluding steroid dienone is 2. The highest BCUT2D eigenvalue weighted by molar-refractivity contribution is 5.30. The number of hydrogen-bond donors (Lipinski definition) is 2. The Labute approximate surface area is 84.0 Å². The van der Waals surface area contributed by atoms with Gasteiger partial charge in [0.1, 0.15) is 6.07 Å². The fourth-order valence-corrected chi connectivity index (χ4v) is 1.69. The van der Waals surface area contributed by atoms with Crippen molar-refractivity contribution in [3.63, 3.8) is 0 Å². The van der Waals surface area contributed by atoms with Crippen molar-refractivity contribution in [1.29, 1.82) is 5.26 Å². The third-order valence-corrected chi connectivity index (χ3v) is 2.67. The highest BCUT2D eigenvalue weighted by Crippen LogP contribution is 2.38. The lowest BCUT2D eigenvalue weighted by atomic mass is 9.68. The molecule has 0 bridgehead atoms. The summed E-state index contributed by atoms with van der Waals surface area (Å²) in [6, 6.07) is 1.88. The third-order valence-electron chi connectivity index (χ3n) is 2.67. The molecule has 0 heterocycles. The molecule has 14 heavy (non-hydrogen) atoms. The van der Waals surface area contributed by atoms with Crippen LogP contribution >= 0.6 is 0 Å². The minimum absolute atomic E-state index is 0.0696. The van der Waals surface area contributed by atoms with Gasteiger partial charge in [-0.1, -0.05) is 32.1 Å². The predicted octanol–water partition coefficient (Wildman–Crippen LogP) is 1.00. The van der Waals surface area contributed by atoms with E-state index in [1.54, 1.807) is 18.2 Å². The molecule has 0 radical (unpaired) electrons. The van der Waals surface area contributed by atoms with Crippen LogP contribution < -0.4 is 0 Å². The van der Waals surface area contributed by atoms with Crippen molar-refractivity contribution in [1.82, 2.24) is 0 Å². The van der Waals surface area contributed by atoms with E-state index >= 15 is 0 Å². The molecule has 0 saturated carbocycles. The van der Waals surface area contributed by atoms with Crippen LogP contribution in [0.25, 0.3) is 0 Å². The maximum atomic E-state index is 10.00. The normalized spacial score (nSPS) is 31.5. The molecule has 3 heteroatoms. The number of nitriles is 1. The smallest absolute Gasteiger partial charge is 0.176 e. The maximum Gasteiger partial charge on any atom is 0.176 e. The largest absolute Gasteiger partial charge is 0.396 e. The summed E-state index contributed by atoms with van der Waals surface area (Å²) in [5, 5.41) is 28.1. The maximum absolute atomic E-state index is 10.00. The second kappa shape index (κ2) is 3.56. The van der Waals surface area contributed by atoms with E-state index in [2.05, 4.69) is 0 Å². The molecule has 0 aliphatic heterocycles. The lowest BCUT2D eigenvalue weighted by Crippen LogP contribution is -2.44. The van der Waals surface area contributed by atoms with Crippen molar-refractivity contribution in [2.75, 3.05) is 6.61 Å². The van der Waals surface area contributed by atoms with E-state index in [1.165, 1.54) is 6.08 Å². The molecule has 2 atom stereocenters. The van der Waals surface area contributed by atoms with Crippen molar-refractivity contribution in [3.8, 4) is 6.07 Å². The number of aliphatic hydroxyl groups excluding tert-OH is 1. The van der Waals surface area contributed by atoms with E-state index in [4.69, 9.17) is 5.26 Å². The van der Waals surface area contributed by atoms with Crippen molar-refractivity contribution >= 4 is 0 Å². The van der Waals surface area contributed by atoms with Gasteiger partial charge in [-0.2, -0.15) is 5.26 Å². The van der Waals surface area contributed by atoms with Gasteiger partial charge in [0, 0.05) is 12.5 Å². The Morgan fingerprint density at radius 2 is 2.14 bits per heavy atom. The van der Waals surface area contributed by atoms with E-state index in [9.17, 15) is 10.2 Å². The first kappa shape index (κ1) is 11.0. The van der Waals surface area contributed by atoms with Gasteiger partial charge in [0.25, 0.3) is 0 Å². The monoisotopic (exact) mass is 193 g/mol. The molecule has 2 N–H and O–H groups in total. The van der Waals surface area contributed by atoms with Gasteiger partial charge < -0.3 is 10.2 Å². The van der Waals surface area contributed by atoms with Gasteiger partial charge in [0.15, 0.2) is 5.60 Å². The molecule has 0 aromatic rings. The lowest BCUT2D eigenvalue weighted by Gasteiger charge is -2.38. The first-order valence-corrected chi connectivity index (χ1v) is 4.57. The molecule has 0 aromatic heterocycles. The van der Waals surface area contributed by atoms with Crippen LogP contribution in [0.3, 0.4) is 0 Å². The number of nitrogens with zero attached hydrogens (tertiary/aromatic N) is 1. The Balaban J connectivity index is 3.05. The zero-order valence-electron chi connectivity index (χ0n) is 8.44. The van der Waals surface area contributed by atoms with Crippen LogP contribution in [0, 0.1) is 22.7 Å². The van der Waals surface area contributed by atoms with E-state index in [0.29, 0.717) is 0 Å². The standard InChI is InChI=1S/C11H15NO2/c1-10(2,8-13)9-5-3-4-6-11(9,14)7-12/h3-6,9,13-14H,8H2,1-2H3. The van der Waals surface area contributed by atoms with Gasteiger partial charge in [-0.25, -0.2) is 0 Å². The van der Waals surface area contributed by atoms with Crippen LogP contribution in [0.1, 0.15) is 13.8 Å². The van der Waals surface area contributed by atoms with Crippen LogP contribution in [0.15, 0.2) is 24.3 Å². The molecule has 1 aliphatic rings. The molecule has 0 aromatic carbocycles. The number of hydrogen-bond acceptors (Lipinski definition) is 3. The summed E-state index contributed by atoms with van der Waals surface area (Å²) in [6.07, 6.45) is 6.66. The molecule has 0 spiro atoms. The topological polar surface area (TPSA) is 64.2 Å². The molecule has 3 nitrogen and oxygen atoms in total. The van der Waals surface area contributed by atoms with Crippen LogP contribution in [0.4, 0.5) is 0 Å². The number of aliphatic hydroxyl groups is 2. The molecule has 0 amide bonds. The Bertz CT molecular complexity index is 312. The molecule has 2 unspecified atom stereocenters. The molecule has 1 aliphatic carbocycles. The highest BCUT2D eigenvalue weighted by Gasteiger charge is 2.43. The van der Waals surface area contributed by atoms with Gasteiger partial charge in [0.2, 0.25) is 0 Å². The van der Waals surface area contributed by atoms with E-state index in [1.807, 2.05) is 19.9 Å². The summed E-state index contributed by atoms with van der Waals surface area (Å²) in [5.41, 5.74) is -2.01. The highest BCUT2D eigenvalue weighted by atomic mass is 16.3. The minimum atomic E-state index is -1.50. The first-order valence-electron chi connectivity index (χ1n) is 4.57. The minimum Gasteiger partial charge on any atom is -0.396 e. The Morgan fingerprint density at radius 3 is 2.64 bits per heavy atom. The van der Waals surface area contributed by atoms with E-state index < -0.39 is 11.0 Å². The zero-order chi connectivity index (χ0) is 10.8. The van der Waals surface area contributed by atoms with Crippen molar-refractivity contribution in [3.05, 3.63) is 24.3 Å². The molecule has 0 fully saturated rings. The first-order chi connectivity index (χ1) is 6.46. The summed E-state index contributed by atoms with van der Waals surface area (Å²) in [5.74, 6) is -0.380. The van der Waals surface area contributed by atoms with Gasteiger partial charge in [0.05, 0.1) is 0 Å². The average molecular weight is 193 g/mol. The summed E-state index contributed by atoms with van der Waals surface area (Å²) in [7, 11) is 0. The molecule has 76 valence electrons. The SMILES string of the molecule is CC(C)(CO)C1C=CC=CC1(O)C#N. The zero-order valence-corrected chi connectivity index (χ0v) is 8.44.